The van der Waals surface area contributed by atoms with E-state index in [-0.39, 0.29) is 9.14 Å². The van der Waals surface area contributed by atoms with Gasteiger partial charge in [-0.2, -0.15) is 5.10 Å². The number of nitrogens with one attached hydrogen (secondary N) is 1. The summed E-state index contributed by atoms with van der Waals surface area (Å²) in [5, 5.41) is 4.21. The lowest BCUT2D eigenvalue weighted by atomic mass is 10.1. The van der Waals surface area contributed by atoms with E-state index in [1.54, 1.807) is 0 Å². The number of amides is 1. The molecule has 0 radical (unpaired) electrons. The Morgan fingerprint density at radius 2 is 1.96 bits per heavy atom. The van der Waals surface area contributed by atoms with E-state index >= 15 is 0 Å². The van der Waals surface area contributed by atoms with Crippen LogP contribution in [-0.4, -0.2) is 21.5 Å². The molecule has 0 spiro atoms. The van der Waals surface area contributed by atoms with Crippen LogP contribution in [-0.2, 0) is 4.79 Å². The SMILES string of the molecule is CCCCOc1ccc(/C(C)=N\NC(=O)[C@]2(C)CC2(Br)Br)cc1. The first-order chi connectivity index (χ1) is 10.8. The highest BCUT2D eigenvalue weighted by atomic mass is 79.9. The van der Waals surface area contributed by atoms with Crippen molar-refractivity contribution < 1.29 is 9.53 Å². The molecule has 1 atom stereocenters. The molecule has 1 saturated carbocycles. The largest absolute Gasteiger partial charge is 0.494 e. The number of unbranched alkanes of at least 4 members (excludes halogenated alkanes) is 1. The van der Waals surface area contributed by atoms with E-state index < -0.39 is 5.41 Å². The minimum atomic E-state index is -0.465. The molecular weight excluding hydrogens is 424 g/mol. The Labute approximate surface area is 154 Å². The lowest BCUT2D eigenvalue weighted by Crippen LogP contribution is -2.30. The van der Waals surface area contributed by atoms with Gasteiger partial charge in [0.15, 0.2) is 0 Å². The van der Waals surface area contributed by atoms with Crippen molar-refractivity contribution in [3.05, 3.63) is 29.8 Å². The number of carbonyl (C=O) groups is 1. The van der Waals surface area contributed by atoms with Crippen LogP contribution in [0.1, 0.15) is 45.6 Å². The Morgan fingerprint density at radius 3 is 2.48 bits per heavy atom. The van der Waals surface area contributed by atoms with Gasteiger partial charge >= 0.3 is 0 Å². The number of alkyl halides is 2. The van der Waals surface area contributed by atoms with Crippen LogP contribution in [0.5, 0.6) is 5.75 Å². The minimum absolute atomic E-state index is 0.0925. The molecule has 0 heterocycles. The average molecular weight is 446 g/mol. The molecule has 1 aliphatic carbocycles. The molecule has 0 bridgehead atoms. The summed E-state index contributed by atoms with van der Waals surface area (Å²) >= 11 is 6.98. The van der Waals surface area contributed by atoms with Gasteiger partial charge in [-0.05, 0) is 56.5 Å². The van der Waals surface area contributed by atoms with Crippen LogP contribution >= 0.6 is 31.9 Å². The first-order valence-electron chi connectivity index (χ1n) is 7.76. The van der Waals surface area contributed by atoms with Crippen LogP contribution in [0.3, 0.4) is 0 Å². The molecule has 1 fully saturated rings. The average Bonchev–Trinajstić information content (AvgIpc) is 3.05. The predicted octanol–water partition coefficient (Wildman–Crippen LogP) is 4.60. The summed E-state index contributed by atoms with van der Waals surface area (Å²) in [6.45, 7) is 6.65. The number of benzene rings is 1. The van der Waals surface area contributed by atoms with E-state index in [9.17, 15) is 4.79 Å². The van der Waals surface area contributed by atoms with Gasteiger partial charge in [-0.3, -0.25) is 4.79 Å². The number of nitrogens with zero attached hydrogens (tertiary/aromatic N) is 1. The molecule has 126 valence electrons. The van der Waals surface area contributed by atoms with Crippen molar-refractivity contribution in [2.75, 3.05) is 6.61 Å². The fourth-order valence-corrected chi connectivity index (χ4v) is 3.58. The first-order valence-corrected chi connectivity index (χ1v) is 9.34. The monoisotopic (exact) mass is 444 g/mol. The van der Waals surface area contributed by atoms with Crippen molar-refractivity contribution >= 4 is 43.5 Å². The van der Waals surface area contributed by atoms with Gasteiger partial charge in [-0.15, -0.1) is 0 Å². The topological polar surface area (TPSA) is 50.7 Å². The molecule has 1 aromatic rings. The molecule has 1 amide bonds. The van der Waals surface area contributed by atoms with Crippen molar-refractivity contribution in [3.63, 3.8) is 0 Å². The fourth-order valence-electron chi connectivity index (χ4n) is 2.10. The zero-order valence-corrected chi connectivity index (χ0v) is 16.8. The van der Waals surface area contributed by atoms with Gasteiger partial charge in [0.05, 0.1) is 21.0 Å². The summed E-state index contributed by atoms with van der Waals surface area (Å²) in [6, 6.07) is 7.75. The lowest BCUT2D eigenvalue weighted by molar-refractivity contribution is -0.125. The van der Waals surface area contributed by atoms with Gasteiger partial charge in [-0.1, -0.05) is 45.2 Å². The van der Waals surface area contributed by atoms with E-state index in [4.69, 9.17) is 4.74 Å². The van der Waals surface area contributed by atoms with Crippen LogP contribution in [0.25, 0.3) is 0 Å². The molecule has 6 heteroatoms. The Hall–Kier alpha value is -0.880. The quantitative estimate of drug-likeness (QED) is 0.288. The van der Waals surface area contributed by atoms with E-state index in [1.165, 1.54) is 0 Å². The van der Waals surface area contributed by atoms with Gasteiger partial charge < -0.3 is 4.74 Å². The number of ether oxygens (including phenoxy) is 1. The Morgan fingerprint density at radius 1 is 1.35 bits per heavy atom. The van der Waals surface area contributed by atoms with Gasteiger partial charge in [0.1, 0.15) is 5.75 Å². The third-order valence-electron chi connectivity index (χ3n) is 4.12. The van der Waals surface area contributed by atoms with Gasteiger partial charge in [-0.25, -0.2) is 5.43 Å². The summed E-state index contributed by atoms with van der Waals surface area (Å²) < 4.78 is 5.33. The van der Waals surface area contributed by atoms with Crippen LogP contribution in [0.15, 0.2) is 29.4 Å². The molecule has 1 N–H and O–H groups in total. The van der Waals surface area contributed by atoms with E-state index in [2.05, 4.69) is 49.3 Å². The van der Waals surface area contributed by atoms with Gasteiger partial charge in [0.25, 0.3) is 0 Å². The molecule has 0 saturated heterocycles. The summed E-state index contributed by atoms with van der Waals surface area (Å²) in [5.74, 6) is 0.762. The van der Waals surface area contributed by atoms with Crippen molar-refractivity contribution in [1.82, 2.24) is 5.43 Å². The summed E-state index contributed by atoms with van der Waals surface area (Å²) in [7, 11) is 0. The van der Waals surface area contributed by atoms with Crippen LogP contribution < -0.4 is 10.2 Å². The van der Waals surface area contributed by atoms with Gasteiger partial charge in [0.2, 0.25) is 5.91 Å². The second kappa shape index (κ2) is 7.34. The van der Waals surface area contributed by atoms with Crippen LogP contribution in [0.4, 0.5) is 0 Å². The number of hydrogen-bond donors (Lipinski definition) is 1. The molecule has 0 unspecified atom stereocenters. The lowest BCUT2D eigenvalue weighted by Gasteiger charge is -2.11. The number of rotatable bonds is 7. The number of halogens is 2. The highest BCUT2D eigenvalue weighted by molar-refractivity contribution is 9.25. The number of carbonyl (C=O) groups excluding carboxylic acids is 1. The summed E-state index contributed by atoms with van der Waals surface area (Å²) in [6.07, 6.45) is 2.91. The van der Waals surface area contributed by atoms with Crippen LogP contribution in [0.2, 0.25) is 0 Å². The Balaban J connectivity index is 1.92. The zero-order chi connectivity index (χ0) is 17.1. The maximum Gasteiger partial charge on any atom is 0.248 e. The Bertz CT molecular complexity index is 599. The normalized spacial score (nSPS) is 22.6. The zero-order valence-electron chi connectivity index (χ0n) is 13.7. The second-order valence-corrected chi connectivity index (χ2v) is 9.85. The molecule has 1 aliphatic rings. The summed E-state index contributed by atoms with van der Waals surface area (Å²) in [5.41, 5.74) is 3.91. The summed E-state index contributed by atoms with van der Waals surface area (Å²) in [4.78, 5) is 12.2. The van der Waals surface area contributed by atoms with E-state index in [0.29, 0.717) is 0 Å². The number of hydrogen-bond acceptors (Lipinski definition) is 3. The smallest absolute Gasteiger partial charge is 0.248 e. The molecule has 0 aliphatic heterocycles. The third-order valence-corrected chi connectivity index (χ3v) is 6.43. The van der Waals surface area contributed by atoms with Crippen molar-refractivity contribution in [2.24, 2.45) is 10.5 Å². The predicted molar refractivity (Wildman–Crippen MR) is 101 cm³/mol. The first kappa shape index (κ1) is 18.5. The molecule has 23 heavy (non-hydrogen) atoms. The maximum absolute atomic E-state index is 12.2. The molecule has 0 aromatic heterocycles. The van der Waals surface area contributed by atoms with E-state index in [0.717, 1.165) is 42.9 Å². The number of hydrazone groups is 1. The molecule has 4 nitrogen and oxygen atoms in total. The maximum atomic E-state index is 12.2. The van der Waals surface area contributed by atoms with Crippen LogP contribution in [0, 0.1) is 5.41 Å². The fraction of sp³-hybridized carbons (Fsp3) is 0.529. The standard InChI is InChI=1S/C17H22Br2N2O2/c1-4-5-10-23-14-8-6-13(7-9-14)12(2)20-21-15(22)16(3)11-17(16,18)19/h6-9H,4-5,10-11H2,1-3H3,(H,21,22)/b20-12-/t16-/m0/s1. The minimum Gasteiger partial charge on any atom is -0.494 e. The highest BCUT2D eigenvalue weighted by Crippen LogP contribution is 2.66. The molecule has 1 aromatic carbocycles. The van der Waals surface area contributed by atoms with Crippen molar-refractivity contribution in [3.8, 4) is 5.75 Å². The van der Waals surface area contributed by atoms with Crippen molar-refractivity contribution in [1.29, 1.82) is 0 Å². The molecule has 2 rings (SSSR count). The Kier molecular flexibility index (Phi) is 5.89. The van der Waals surface area contributed by atoms with Crippen molar-refractivity contribution in [2.45, 2.75) is 43.3 Å². The molecular formula is C17H22Br2N2O2. The van der Waals surface area contributed by atoms with Gasteiger partial charge in [0, 0.05) is 0 Å². The van der Waals surface area contributed by atoms with E-state index in [1.807, 2.05) is 38.1 Å². The highest BCUT2D eigenvalue weighted by Gasteiger charge is 2.66. The third kappa shape index (κ3) is 4.35. The second-order valence-electron chi connectivity index (χ2n) is 6.08.